The molecule has 0 fully saturated rings. The molecule has 1 aliphatic carbocycles. The number of sulfonamides is 1. The normalized spacial score (nSPS) is 19.0. The van der Waals surface area contributed by atoms with Crippen LogP contribution in [0.1, 0.15) is 30.2 Å². The summed E-state index contributed by atoms with van der Waals surface area (Å²) < 4.78 is 33.7. The Morgan fingerprint density at radius 1 is 1.50 bits per heavy atom. The van der Waals surface area contributed by atoms with E-state index in [4.69, 9.17) is 16.0 Å². The van der Waals surface area contributed by atoms with Gasteiger partial charge in [-0.05, 0) is 40.9 Å². The van der Waals surface area contributed by atoms with Crippen molar-refractivity contribution in [2.24, 2.45) is 0 Å². The Labute approximate surface area is 134 Å². The molecule has 4 nitrogen and oxygen atoms in total. The number of hydrogen-bond donors (Lipinski definition) is 1. The zero-order valence-electron chi connectivity index (χ0n) is 10.2. The van der Waals surface area contributed by atoms with Gasteiger partial charge in [-0.3, -0.25) is 0 Å². The molecular weight excluding hydrogens is 386 g/mol. The molecule has 8 heteroatoms. The second-order valence-electron chi connectivity index (χ2n) is 4.55. The lowest BCUT2D eigenvalue weighted by molar-refractivity contribution is 0.438. The van der Waals surface area contributed by atoms with Gasteiger partial charge in [-0.25, -0.2) is 13.1 Å². The third-order valence-electron chi connectivity index (χ3n) is 3.24. The van der Waals surface area contributed by atoms with Crippen molar-refractivity contribution in [3.8, 4) is 0 Å². The number of hydrogen-bond acceptors (Lipinski definition) is 4. The van der Waals surface area contributed by atoms with E-state index in [9.17, 15) is 8.42 Å². The number of nitrogens with one attached hydrogen (secondary N) is 1. The Balaban J connectivity index is 1.88. The quantitative estimate of drug-likeness (QED) is 0.849. The van der Waals surface area contributed by atoms with Crippen LogP contribution in [-0.2, 0) is 16.4 Å². The van der Waals surface area contributed by atoms with Crippen molar-refractivity contribution in [2.75, 3.05) is 0 Å². The second-order valence-corrected chi connectivity index (χ2v) is 9.27. The van der Waals surface area contributed by atoms with Gasteiger partial charge in [-0.15, -0.1) is 11.3 Å². The molecule has 0 amide bonds. The Bertz CT molecular complexity index is 718. The summed E-state index contributed by atoms with van der Waals surface area (Å²) in [7, 11) is -3.57. The molecule has 0 aliphatic heterocycles. The Hall–Kier alpha value is -0.340. The summed E-state index contributed by atoms with van der Waals surface area (Å²) >= 11 is 10.2. The van der Waals surface area contributed by atoms with Crippen LogP contribution in [0.15, 0.2) is 30.8 Å². The molecule has 0 aromatic carbocycles. The molecule has 1 atom stereocenters. The number of fused-ring (bicyclic) bond motifs is 1. The maximum absolute atomic E-state index is 12.4. The van der Waals surface area contributed by atoms with Gasteiger partial charge in [0.2, 0.25) is 0 Å². The van der Waals surface area contributed by atoms with Crippen LogP contribution in [0.4, 0.5) is 0 Å². The van der Waals surface area contributed by atoms with Gasteiger partial charge < -0.3 is 4.42 Å². The minimum Gasteiger partial charge on any atom is -0.469 e. The molecule has 2 aromatic heterocycles. The molecule has 2 aromatic rings. The van der Waals surface area contributed by atoms with E-state index in [1.165, 1.54) is 6.07 Å². The Kier molecular flexibility index (Phi) is 3.98. The maximum Gasteiger partial charge on any atom is 0.250 e. The van der Waals surface area contributed by atoms with E-state index in [1.54, 1.807) is 6.26 Å². The van der Waals surface area contributed by atoms with Crippen LogP contribution in [0.2, 0.25) is 5.02 Å². The van der Waals surface area contributed by atoms with Crippen molar-refractivity contribution in [1.29, 1.82) is 0 Å². The first kappa shape index (κ1) is 14.6. The average Bonchev–Trinajstić information content (AvgIpc) is 2.98. The fraction of sp³-hybridized carbons (Fsp3) is 0.333. The highest BCUT2D eigenvalue weighted by Gasteiger charge is 2.28. The van der Waals surface area contributed by atoms with Crippen molar-refractivity contribution in [1.82, 2.24) is 4.72 Å². The van der Waals surface area contributed by atoms with Crippen LogP contribution in [0.5, 0.6) is 0 Å². The number of furan rings is 1. The van der Waals surface area contributed by atoms with Crippen molar-refractivity contribution in [2.45, 2.75) is 29.5 Å². The van der Waals surface area contributed by atoms with Crippen molar-refractivity contribution in [3.63, 3.8) is 0 Å². The SMILES string of the molecule is O=S(=O)(NC1CCCc2occc21)c1cc(Cl)c(Br)s1. The smallest absolute Gasteiger partial charge is 0.250 e. The van der Waals surface area contributed by atoms with Gasteiger partial charge in [0.15, 0.2) is 0 Å². The third kappa shape index (κ3) is 2.69. The van der Waals surface area contributed by atoms with E-state index in [-0.39, 0.29) is 10.3 Å². The van der Waals surface area contributed by atoms with Gasteiger partial charge in [0.25, 0.3) is 10.0 Å². The van der Waals surface area contributed by atoms with E-state index in [1.807, 2.05) is 6.07 Å². The summed E-state index contributed by atoms with van der Waals surface area (Å²) in [5, 5.41) is 0.406. The largest absolute Gasteiger partial charge is 0.469 e. The van der Waals surface area contributed by atoms with Crippen LogP contribution in [0.3, 0.4) is 0 Å². The minimum absolute atomic E-state index is 0.213. The standard InChI is InChI=1S/C12H11BrClNO3S2/c13-12-8(14)6-11(19-12)20(16,17)15-9-2-1-3-10-7(9)4-5-18-10/h4-6,9,15H,1-3H2. The number of halogens is 2. The van der Waals surface area contributed by atoms with E-state index in [0.717, 1.165) is 41.9 Å². The maximum atomic E-state index is 12.4. The highest BCUT2D eigenvalue weighted by molar-refractivity contribution is 9.11. The summed E-state index contributed by atoms with van der Waals surface area (Å²) in [4.78, 5) is 0. The zero-order chi connectivity index (χ0) is 14.3. The molecular formula is C12H11BrClNO3S2. The van der Waals surface area contributed by atoms with Crippen molar-refractivity contribution >= 4 is 48.9 Å². The van der Waals surface area contributed by atoms with Crippen LogP contribution >= 0.6 is 38.9 Å². The molecule has 1 unspecified atom stereocenters. The minimum atomic E-state index is -3.57. The van der Waals surface area contributed by atoms with E-state index >= 15 is 0 Å². The fourth-order valence-corrected chi connectivity index (χ4v) is 5.98. The van der Waals surface area contributed by atoms with Gasteiger partial charge >= 0.3 is 0 Å². The topological polar surface area (TPSA) is 59.3 Å². The summed E-state index contributed by atoms with van der Waals surface area (Å²) in [5.74, 6) is 0.870. The summed E-state index contributed by atoms with van der Waals surface area (Å²) in [5.41, 5.74) is 0.932. The molecule has 1 N–H and O–H groups in total. The average molecular weight is 397 g/mol. The lowest BCUT2D eigenvalue weighted by Crippen LogP contribution is -2.30. The molecule has 3 rings (SSSR count). The zero-order valence-corrected chi connectivity index (χ0v) is 14.2. The van der Waals surface area contributed by atoms with Crippen LogP contribution < -0.4 is 4.72 Å². The number of aryl methyl sites for hydroxylation is 1. The number of rotatable bonds is 3. The molecule has 108 valence electrons. The van der Waals surface area contributed by atoms with Crippen LogP contribution in [0, 0.1) is 0 Å². The van der Waals surface area contributed by atoms with Crippen LogP contribution in [0.25, 0.3) is 0 Å². The first-order chi connectivity index (χ1) is 9.47. The highest BCUT2D eigenvalue weighted by Crippen LogP contribution is 2.36. The predicted molar refractivity (Wildman–Crippen MR) is 81.7 cm³/mol. The van der Waals surface area contributed by atoms with Gasteiger partial charge in [0, 0.05) is 12.0 Å². The molecule has 0 saturated carbocycles. The second kappa shape index (κ2) is 5.46. The van der Waals surface area contributed by atoms with E-state index in [0.29, 0.717) is 8.81 Å². The Morgan fingerprint density at radius 2 is 2.30 bits per heavy atom. The lowest BCUT2D eigenvalue weighted by atomic mass is 9.94. The molecule has 0 bridgehead atoms. The predicted octanol–water partition coefficient (Wildman–Crippen LogP) is 4.11. The van der Waals surface area contributed by atoms with Crippen molar-refractivity contribution < 1.29 is 12.8 Å². The summed E-state index contributed by atoms with van der Waals surface area (Å²) in [6.07, 6.45) is 4.14. The van der Waals surface area contributed by atoms with Crippen molar-refractivity contribution in [3.05, 3.63) is 38.5 Å². The first-order valence-corrected chi connectivity index (χ1v) is 9.48. The van der Waals surface area contributed by atoms with Gasteiger partial charge in [-0.1, -0.05) is 11.6 Å². The number of thiophene rings is 1. The third-order valence-corrected chi connectivity index (χ3v) is 7.66. The molecule has 0 spiro atoms. The Morgan fingerprint density at radius 3 is 3.00 bits per heavy atom. The monoisotopic (exact) mass is 395 g/mol. The van der Waals surface area contributed by atoms with Gasteiger partial charge in [0.1, 0.15) is 9.97 Å². The molecule has 2 heterocycles. The highest BCUT2D eigenvalue weighted by atomic mass is 79.9. The van der Waals surface area contributed by atoms with E-state index in [2.05, 4.69) is 20.7 Å². The summed E-state index contributed by atoms with van der Waals surface area (Å²) in [6.45, 7) is 0. The first-order valence-electron chi connectivity index (χ1n) is 6.01. The molecule has 20 heavy (non-hydrogen) atoms. The summed E-state index contributed by atoms with van der Waals surface area (Å²) in [6, 6.07) is 3.05. The lowest BCUT2D eigenvalue weighted by Gasteiger charge is -2.22. The molecule has 0 radical (unpaired) electrons. The van der Waals surface area contributed by atoms with E-state index < -0.39 is 10.0 Å². The molecule has 1 aliphatic rings. The fourth-order valence-electron chi connectivity index (χ4n) is 2.31. The van der Waals surface area contributed by atoms with Gasteiger partial charge in [-0.2, -0.15) is 0 Å². The molecule has 0 saturated heterocycles. The van der Waals surface area contributed by atoms with Crippen LogP contribution in [-0.4, -0.2) is 8.42 Å². The van der Waals surface area contributed by atoms with Gasteiger partial charge in [0.05, 0.1) is 21.1 Å².